The molecule has 5 nitrogen and oxygen atoms in total. The van der Waals surface area contributed by atoms with E-state index in [9.17, 15) is 9.59 Å². The molecule has 0 aromatic heterocycles. The van der Waals surface area contributed by atoms with E-state index in [1.54, 1.807) is 6.07 Å². The van der Waals surface area contributed by atoms with Crippen molar-refractivity contribution in [2.45, 2.75) is 33.6 Å². The Labute approximate surface area is 161 Å². The third kappa shape index (κ3) is 6.44. The molecule has 2 aromatic rings. The largest absolute Gasteiger partial charge is 0.376 e. The van der Waals surface area contributed by atoms with Crippen LogP contribution >= 0.6 is 0 Å². The number of amides is 2. The van der Waals surface area contributed by atoms with Crippen molar-refractivity contribution < 1.29 is 9.59 Å². The van der Waals surface area contributed by atoms with Crippen molar-refractivity contribution >= 4 is 23.2 Å². The number of nitrogens with one attached hydrogen (secondary N) is 2. The van der Waals surface area contributed by atoms with Gasteiger partial charge in [-0.2, -0.15) is 0 Å². The van der Waals surface area contributed by atoms with Gasteiger partial charge < -0.3 is 15.5 Å². The number of hydrogen-bond acceptors (Lipinski definition) is 3. The summed E-state index contributed by atoms with van der Waals surface area (Å²) in [7, 11) is 0. The maximum Gasteiger partial charge on any atom is 0.255 e. The first kappa shape index (κ1) is 20.5. The van der Waals surface area contributed by atoms with Gasteiger partial charge in [-0.25, -0.2) is 0 Å². The first-order valence-electron chi connectivity index (χ1n) is 9.53. The van der Waals surface area contributed by atoms with Crippen molar-refractivity contribution in [2.75, 3.05) is 30.3 Å². The molecule has 2 rings (SSSR count). The van der Waals surface area contributed by atoms with Crippen LogP contribution in [0.2, 0.25) is 0 Å². The standard InChI is InChI=1S/C22H29N3O2/c1-4-13-25(14-5-2)21(26)16-23-19-9-11-20(12-10-19)24-22(27)18-8-6-7-17(3)15-18/h6-12,15,23H,4-5,13-14,16H2,1-3H3,(H,24,27). The molecule has 2 amide bonds. The molecule has 0 spiro atoms. The molecule has 0 aliphatic carbocycles. The molecule has 5 heteroatoms. The zero-order valence-electron chi connectivity index (χ0n) is 16.4. The van der Waals surface area contributed by atoms with Crippen LogP contribution in [0.25, 0.3) is 0 Å². The van der Waals surface area contributed by atoms with Crippen molar-refractivity contribution in [3.63, 3.8) is 0 Å². The average Bonchev–Trinajstić information content (AvgIpc) is 2.67. The number of carbonyl (C=O) groups is 2. The molecule has 0 atom stereocenters. The lowest BCUT2D eigenvalue weighted by molar-refractivity contribution is -0.129. The van der Waals surface area contributed by atoms with E-state index in [0.717, 1.165) is 42.9 Å². The highest BCUT2D eigenvalue weighted by atomic mass is 16.2. The second-order valence-corrected chi connectivity index (χ2v) is 6.64. The molecule has 0 unspecified atom stereocenters. The molecule has 0 heterocycles. The van der Waals surface area contributed by atoms with E-state index < -0.39 is 0 Å². The Hall–Kier alpha value is -2.82. The lowest BCUT2D eigenvalue weighted by Gasteiger charge is -2.21. The third-order valence-electron chi connectivity index (χ3n) is 4.21. The summed E-state index contributed by atoms with van der Waals surface area (Å²) in [6, 6.07) is 14.9. The van der Waals surface area contributed by atoms with Crippen molar-refractivity contribution in [3.8, 4) is 0 Å². The van der Waals surface area contributed by atoms with Gasteiger partial charge in [0.05, 0.1) is 6.54 Å². The molecule has 27 heavy (non-hydrogen) atoms. The van der Waals surface area contributed by atoms with Gasteiger partial charge in [-0.05, 0) is 56.2 Å². The van der Waals surface area contributed by atoms with Gasteiger partial charge in [-0.3, -0.25) is 9.59 Å². The number of rotatable bonds is 9. The molecule has 144 valence electrons. The Morgan fingerprint density at radius 3 is 2.15 bits per heavy atom. The monoisotopic (exact) mass is 367 g/mol. The minimum absolute atomic E-state index is 0.107. The summed E-state index contributed by atoms with van der Waals surface area (Å²) < 4.78 is 0. The second kappa shape index (κ2) is 10.4. The van der Waals surface area contributed by atoms with Crippen molar-refractivity contribution in [1.82, 2.24) is 4.90 Å². The van der Waals surface area contributed by atoms with Crippen LogP contribution in [0.5, 0.6) is 0 Å². The van der Waals surface area contributed by atoms with E-state index in [4.69, 9.17) is 0 Å². The van der Waals surface area contributed by atoms with Gasteiger partial charge >= 0.3 is 0 Å². The predicted molar refractivity (Wildman–Crippen MR) is 111 cm³/mol. The van der Waals surface area contributed by atoms with Crippen molar-refractivity contribution in [3.05, 3.63) is 59.7 Å². The average molecular weight is 367 g/mol. The predicted octanol–water partition coefficient (Wildman–Crippen LogP) is 4.31. The van der Waals surface area contributed by atoms with Crippen LogP contribution < -0.4 is 10.6 Å². The molecule has 0 saturated carbocycles. The zero-order valence-corrected chi connectivity index (χ0v) is 16.4. The van der Waals surface area contributed by atoms with E-state index in [2.05, 4.69) is 24.5 Å². The molecule has 0 bridgehead atoms. The summed E-state index contributed by atoms with van der Waals surface area (Å²) in [5.74, 6) is -0.0279. The van der Waals surface area contributed by atoms with Crippen LogP contribution in [0.15, 0.2) is 48.5 Å². The fourth-order valence-electron chi connectivity index (χ4n) is 2.85. The van der Waals surface area contributed by atoms with E-state index >= 15 is 0 Å². The Bertz CT molecular complexity index is 750. The summed E-state index contributed by atoms with van der Waals surface area (Å²) in [5, 5.41) is 6.04. The molecule has 0 saturated heterocycles. The molecular weight excluding hydrogens is 338 g/mol. The maximum atomic E-state index is 12.3. The number of anilines is 2. The van der Waals surface area contributed by atoms with Gasteiger partial charge in [-0.15, -0.1) is 0 Å². The summed E-state index contributed by atoms with van der Waals surface area (Å²) in [6.45, 7) is 7.96. The van der Waals surface area contributed by atoms with Crippen LogP contribution in [0.3, 0.4) is 0 Å². The van der Waals surface area contributed by atoms with Crippen LogP contribution in [-0.2, 0) is 4.79 Å². The molecule has 2 N–H and O–H groups in total. The lowest BCUT2D eigenvalue weighted by atomic mass is 10.1. The first-order valence-corrected chi connectivity index (χ1v) is 9.53. The highest BCUT2D eigenvalue weighted by molar-refractivity contribution is 6.04. The summed E-state index contributed by atoms with van der Waals surface area (Å²) in [6.07, 6.45) is 1.92. The summed E-state index contributed by atoms with van der Waals surface area (Å²) >= 11 is 0. The SMILES string of the molecule is CCCN(CCC)C(=O)CNc1ccc(NC(=O)c2cccc(C)c2)cc1. The highest BCUT2D eigenvalue weighted by Gasteiger charge is 2.11. The zero-order chi connectivity index (χ0) is 19.6. The van der Waals surface area contributed by atoms with E-state index in [1.807, 2.05) is 54.3 Å². The van der Waals surface area contributed by atoms with Gasteiger partial charge in [-0.1, -0.05) is 31.5 Å². The van der Waals surface area contributed by atoms with Gasteiger partial charge in [0.15, 0.2) is 0 Å². The van der Waals surface area contributed by atoms with Gasteiger partial charge in [0.2, 0.25) is 5.91 Å². The van der Waals surface area contributed by atoms with Gasteiger partial charge in [0.25, 0.3) is 5.91 Å². The quantitative estimate of drug-likeness (QED) is 0.694. The van der Waals surface area contributed by atoms with E-state index in [1.165, 1.54) is 0 Å². The second-order valence-electron chi connectivity index (χ2n) is 6.64. The maximum absolute atomic E-state index is 12.3. The Balaban J connectivity index is 1.89. The van der Waals surface area contributed by atoms with E-state index in [-0.39, 0.29) is 18.4 Å². The molecule has 0 radical (unpaired) electrons. The number of benzene rings is 2. The number of aryl methyl sites for hydroxylation is 1. The van der Waals surface area contributed by atoms with Crippen LogP contribution in [-0.4, -0.2) is 36.3 Å². The summed E-state index contributed by atoms with van der Waals surface area (Å²) in [4.78, 5) is 26.5. The molecule has 2 aromatic carbocycles. The highest BCUT2D eigenvalue weighted by Crippen LogP contribution is 2.15. The van der Waals surface area contributed by atoms with E-state index in [0.29, 0.717) is 5.56 Å². The number of nitrogens with zero attached hydrogens (tertiary/aromatic N) is 1. The van der Waals surface area contributed by atoms with Crippen LogP contribution in [0.4, 0.5) is 11.4 Å². The molecular formula is C22H29N3O2. The minimum atomic E-state index is -0.135. The Kier molecular flexibility index (Phi) is 7.86. The molecule has 0 fully saturated rings. The van der Waals surface area contributed by atoms with Gasteiger partial charge in [0, 0.05) is 30.0 Å². The van der Waals surface area contributed by atoms with Gasteiger partial charge in [0.1, 0.15) is 0 Å². The summed E-state index contributed by atoms with van der Waals surface area (Å²) in [5.41, 5.74) is 3.25. The number of carbonyl (C=O) groups excluding carboxylic acids is 2. The van der Waals surface area contributed by atoms with Crippen molar-refractivity contribution in [1.29, 1.82) is 0 Å². The fraction of sp³-hybridized carbons (Fsp3) is 0.364. The minimum Gasteiger partial charge on any atom is -0.376 e. The smallest absolute Gasteiger partial charge is 0.255 e. The normalized spacial score (nSPS) is 10.3. The topological polar surface area (TPSA) is 61.4 Å². The first-order chi connectivity index (χ1) is 13.0. The Morgan fingerprint density at radius 2 is 1.56 bits per heavy atom. The van der Waals surface area contributed by atoms with Crippen molar-refractivity contribution in [2.24, 2.45) is 0 Å². The van der Waals surface area contributed by atoms with Crippen LogP contribution in [0, 0.1) is 6.92 Å². The molecule has 0 aliphatic rings. The third-order valence-corrected chi connectivity index (χ3v) is 4.21. The fourth-order valence-corrected chi connectivity index (χ4v) is 2.85. The Morgan fingerprint density at radius 1 is 0.926 bits per heavy atom. The number of hydrogen-bond donors (Lipinski definition) is 2. The molecule has 0 aliphatic heterocycles. The van der Waals surface area contributed by atoms with Crippen LogP contribution in [0.1, 0.15) is 42.6 Å². The lowest BCUT2D eigenvalue weighted by Crippen LogP contribution is -2.36.